The molecule has 0 bridgehead atoms. The molecule has 1 aliphatic rings. The van der Waals surface area contributed by atoms with Gasteiger partial charge in [-0.2, -0.15) is 0 Å². The molecule has 1 aliphatic heterocycles. The van der Waals surface area contributed by atoms with Gasteiger partial charge in [-0.3, -0.25) is 9.20 Å². The topological polar surface area (TPSA) is 89.4 Å². The Bertz CT molecular complexity index is 956. The maximum atomic E-state index is 13.2. The van der Waals surface area contributed by atoms with E-state index in [1.807, 2.05) is 46.0 Å². The van der Waals surface area contributed by atoms with Crippen molar-refractivity contribution >= 4 is 29.1 Å². The van der Waals surface area contributed by atoms with Crippen LogP contribution in [0.25, 0.3) is 5.52 Å². The molecule has 1 atom stereocenters. The molecule has 134 valence electrons. The van der Waals surface area contributed by atoms with Gasteiger partial charge in [-0.25, -0.2) is 15.0 Å². The molecule has 3 aromatic rings. The summed E-state index contributed by atoms with van der Waals surface area (Å²) in [6.07, 6.45) is 7.49. The number of rotatable bonds is 3. The number of pyridine rings is 1. The van der Waals surface area contributed by atoms with Crippen molar-refractivity contribution in [3.05, 3.63) is 48.0 Å². The third kappa shape index (κ3) is 3.01. The van der Waals surface area contributed by atoms with Crippen LogP contribution in [0.15, 0.2) is 41.8 Å². The van der Waals surface area contributed by atoms with Crippen molar-refractivity contribution in [2.24, 2.45) is 0 Å². The molecule has 3 aromatic heterocycles. The molecule has 1 fully saturated rings. The zero-order chi connectivity index (χ0) is 18.1. The fraction of sp³-hybridized carbons (Fsp3) is 0.333. The fourth-order valence-corrected chi connectivity index (χ4v) is 4.02. The quantitative estimate of drug-likeness (QED) is 0.714. The van der Waals surface area contributed by atoms with E-state index in [9.17, 15) is 4.79 Å². The number of hydrogen-bond donors (Lipinski definition) is 1. The standard InChI is InChI=1S/C18H20N6OS/c1-26-18-22-15(14-6-2-3-10-24(14)18)16(25)23-9-4-5-12(11-23)13-7-8-20-17(19)21-13/h2-3,6-8,10,12H,4-5,9,11H2,1H3,(H2,19,20,21). The average molecular weight is 368 g/mol. The van der Waals surface area contributed by atoms with Crippen LogP contribution in [0.4, 0.5) is 5.95 Å². The number of hydrogen-bond acceptors (Lipinski definition) is 6. The number of carbonyl (C=O) groups is 1. The van der Waals surface area contributed by atoms with Gasteiger partial charge in [-0.05, 0) is 37.3 Å². The molecule has 4 heterocycles. The summed E-state index contributed by atoms with van der Waals surface area (Å²) >= 11 is 1.53. The lowest BCUT2D eigenvalue weighted by Crippen LogP contribution is -2.39. The number of anilines is 1. The van der Waals surface area contributed by atoms with Crippen molar-refractivity contribution in [3.8, 4) is 0 Å². The highest BCUT2D eigenvalue weighted by molar-refractivity contribution is 7.98. The maximum Gasteiger partial charge on any atom is 0.274 e. The minimum atomic E-state index is -0.0271. The van der Waals surface area contributed by atoms with Crippen LogP contribution >= 0.6 is 11.8 Å². The Morgan fingerprint density at radius 2 is 2.19 bits per heavy atom. The van der Waals surface area contributed by atoms with Crippen molar-refractivity contribution < 1.29 is 4.79 Å². The number of fused-ring (bicyclic) bond motifs is 1. The van der Waals surface area contributed by atoms with Crippen LogP contribution in [0, 0.1) is 0 Å². The van der Waals surface area contributed by atoms with Crippen molar-refractivity contribution in [2.45, 2.75) is 23.9 Å². The second kappa shape index (κ2) is 6.95. The van der Waals surface area contributed by atoms with Gasteiger partial charge in [0.05, 0.1) is 11.2 Å². The molecule has 0 spiro atoms. The van der Waals surface area contributed by atoms with E-state index in [0.29, 0.717) is 12.2 Å². The fourth-order valence-electron chi connectivity index (χ4n) is 3.48. The van der Waals surface area contributed by atoms with Gasteiger partial charge in [0.15, 0.2) is 10.9 Å². The molecule has 4 rings (SSSR count). The number of imidazole rings is 1. The van der Waals surface area contributed by atoms with E-state index in [-0.39, 0.29) is 17.8 Å². The van der Waals surface area contributed by atoms with Crippen molar-refractivity contribution in [3.63, 3.8) is 0 Å². The van der Waals surface area contributed by atoms with E-state index >= 15 is 0 Å². The summed E-state index contributed by atoms with van der Waals surface area (Å²) in [5, 5.41) is 0.820. The van der Waals surface area contributed by atoms with Crippen molar-refractivity contribution in [2.75, 3.05) is 25.1 Å². The second-order valence-electron chi connectivity index (χ2n) is 6.33. The SMILES string of the molecule is CSc1nc(C(=O)N2CCCC(c3ccnc(N)n3)C2)c2ccccn12. The van der Waals surface area contributed by atoms with E-state index < -0.39 is 0 Å². The van der Waals surface area contributed by atoms with E-state index in [1.165, 1.54) is 11.8 Å². The molecule has 7 nitrogen and oxygen atoms in total. The molecule has 26 heavy (non-hydrogen) atoms. The minimum Gasteiger partial charge on any atom is -0.368 e. The second-order valence-corrected chi connectivity index (χ2v) is 7.11. The number of piperidine rings is 1. The van der Waals surface area contributed by atoms with Crippen LogP contribution in [-0.4, -0.2) is 49.5 Å². The third-order valence-corrected chi connectivity index (χ3v) is 5.38. The molecule has 0 saturated carbocycles. The Hall–Kier alpha value is -2.61. The van der Waals surface area contributed by atoms with E-state index in [2.05, 4.69) is 15.0 Å². The molecule has 1 amide bonds. The predicted octanol–water partition coefficient (Wildman–Crippen LogP) is 2.45. The first-order valence-electron chi connectivity index (χ1n) is 8.56. The number of carbonyl (C=O) groups excluding carboxylic acids is 1. The van der Waals surface area contributed by atoms with Gasteiger partial charge in [0, 0.05) is 31.4 Å². The Balaban J connectivity index is 1.62. The Morgan fingerprint density at radius 1 is 1.31 bits per heavy atom. The Morgan fingerprint density at radius 3 is 3.00 bits per heavy atom. The first kappa shape index (κ1) is 16.8. The molecule has 1 unspecified atom stereocenters. The Kier molecular flexibility index (Phi) is 4.50. The van der Waals surface area contributed by atoms with E-state index in [1.54, 1.807) is 6.20 Å². The van der Waals surface area contributed by atoms with Gasteiger partial charge < -0.3 is 10.6 Å². The van der Waals surface area contributed by atoms with Crippen LogP contribution < -0.4 is 5.73 Å². The average Bonchev–Trinajstić information content (AvgIpc) is 3.06. The van der Waals surface area contributed by atoms with Crippen LogP contribution in [0.2, 0.25) is 0 Å². The number of nitrogens with two attached hydrogens (primary N) is 1. The highest BCUT2D eigenvalue weighted by Crippen LogP contribution is 2.28. The number of likely N-dealkylation sites (tertiary alicyclic amines) is 1. The molecule has 2 N–H and O–H groups in total. The largest absolute Gasteiger partial charge is 0.368 e. The van der Waals surface area contributed by atoms with Crippen molar-refractivity contribution in [1.82, 2.24) is 24.3 Å². The van der Waals surface area contributed by atoms with Crippen molar-refractivity contribution in [1.29, 1.82) is 0 Å². The first-order valence-corrected chi connectivity index (χ1v) is 9.78. The van der Waals surface area contributed by atoms with Crippen LogP contribution in [0.5, 0.6) is 0 Å². The number of amides is 1. The molecule has 0 aliphatic carbocycles. The maximum absolute atomic E-state index is 13.2. The zero-order valence-electron chi connectivity index (χ0n) is 14.5. The summed E-state index contributed by atoms with van der Waals surface area (Å²) in [7, 11) is 0. The van der Waals surface area contributed by atoms with Gasteiger partial charge in [-0.15, -0.1) is 0 Å². The monoisotopic (exact) mass is 368 g/mol. The van der Waals surface area contributed by atoms with Gasteiger partial charge in [0.2, 0.25) is 5.95 Å². The number of thioether (sulfide) groups is 1. The highest BCUT2D eigenvalue weighted by Gasteiger charge is 2.29. The smallest absolute Gasteiger partial charge is 0.274 e. The third-order valence-electron chi connectivity index (χ3n) is 4.72. The normalized spacial score (nSPS) is 17.6. The van der Waals surface area contributed by atoms with Crippen LogP contribution in [0.1, 0.15) is 34.9 Å². The van der Waals surface area contributed by atoms with E-state index in [4.69, 9.17) is 5.73 Å². The lowest BCUT2D eigenvalue weighted by Gasteiger charge is -2.32. The van der Waals surface area contributed by atoms with E-state index in [0.717, 1.165) is 35.8 Å². The number of nitrogen functional groups attached to an aromatic ring is 1. The number of nitrogens with zero attached hydrogens (tertiary/aromatic N) is 5. The molecular weight excluding hydrogens is 348 g/mol. The van der Waals surface area contributed by atoms with Gasteiger partial charge in [-0.1, -0.05) is 17.8 Å². The Labute approximate surface area is 155 Å². The summed E-state index contributed by atoms with van der Waals surface area (Å²) in [6, 6.07) is 7.69. The molecule has 0 radical (unpaired) electrons. The summed E-state index contributed by atoms with van der Waals surface area (Å²) in [6.45, 7) is 1.35. The molecule has 1 saturated heterocycles. The lowest BCUT2D eigenvalue weighted by atomic mass is 9.94. The highest BCUT2D eigenvalue weighted by atomic mass is 32.2. The molecular formula is C18H20N6OS. The summed E-state index contributed by atoms with van der Waals surface area (Å²) in [4.78, 5) is 27.9. The lowest BCUT2D eigenvalue weighted by molar-refractivity contribution is 0.0702. The first-order chi connectivity index (χ1) is 12.7. The summed E-state index contributed by atoms with van der Waals surface area (Å²) in [5.74, 6) is 0.420. The number of aromatic nitrogens is 4. The van der Waals surface area contributed by atoms with Crippen LogP contribution in [-0.2, 0) is 0 Å². The zero-order valence-corrected chi connectivity index (χ0v) is 15.3. The van der Waals surface area contributed by atoms with Crippen LogP contribution in [0.3, 0.4) is 0 Å². The molecule has 8 heteroatoms. The summed E-state index contributed by atoms with van der Waals surface area (Å²) in [5.41, 5.74) is 7.97. The van der Waals surface area contributed by atoms with Gasteiger partial charge in [0.1, 0.15) is 0 Å². The predicted molar refractivity (Wildman–Crippen MR) is 101 cm³/mol. The minimum absolute atomic E-state index is 0.0271. The molecule has 0 aromatic carbocycles. The van der Waals surface area contributed by atoms with Gasteiger partial charge in [0.25, 0.3) is 5.91 Å². The van der Waals surface area contributed by atoms with Gasteiger partial charge >= 0.3 is 0 Å². The summed E-state index contributed by atoms with van der Waals surface area (Å²) < 4.78 is 1.96.